The van der Waals surface area contributed by atoms with Gasteiger partial charge in [0.2, 0.25) is 0 Å². The lowest BCUT2D eigenvalue weighted by Gasteiger charge is -2.34. The summed E-state index contributed by atoms with van der Waals surface area (Å²) in [6.45, 7) is 4.84. The van der Waals surface area contributed by atoms with E-state index in [9.17, 15) is 19.2 Å². The van der Waals surface area contributed by atoms with Crippen molar-refractivity contribution in [2.24, 2.45) is 0 Å². The molecule has 1 saturated heterocycles. The van der Waals surface area contributed by atoms with E-state index >= 15 is 0 Å². The van der Waals surface area contributed by atoms with E-state index in [1.54, 1.807) is 0 Å². The summed E-state index contributed by atoms with van der Waals surface area (Å²) in [6, 6.07) is 0. The molecule has 0 aliphatic carbocycles. The molecule has 4 atom stereocenters. The number of ether oxygens (including phenoxy) is 4. The van der Waals surface area contributed by atoms with Gasteiger partial charge in [-0.05, 0) is 6.92 Å². The molecule has 2 aromatic rings. The lowest BCUT2D eigenvalue weighted by atomic mass is 9.95. The van der Waals surface area contributed by atoms with Crippen LogP contribution in [0.4, 0.5) is 5.82 Å². The van der Waals surface area contributed by atoms with Crippen LogP contribution < -0.4 is 5.73 Å². The number of carbonyl (C=O) groups excluding carboxylic acids is 4. The number of esters is 3. The molecule has 0 saturated carbocycles. The van der Waals surface area contributed by atoms with Gasteiger partial charge in [-0.2, -0.15) is 0 Å². The van der Waals surface area contributed by atoms with Crippen LogP contribution in [-0.4, -0.2) is 63.1 Å². The number of fused-ring (bicyclic) bond motifs is 1. The number of nitrogen functional groups attached to an aromatic ring is 1. The second-order valence-electron chi connectivity index (χ2n) is 7.20. The molecule has 12 nitrogen and oxygen atoms in total. The molecule has 1 aliphatic heterocycles. The molecule has 0 spiro atoms. The quantitative estimate of drug-likeness (QED) is 0.383. The Morgan fingerprint density at radius 1 is 1.23 bits per heavy atom. The van der Waals surface area contributed by atoms with Gasteiger partial charge in [-0.3, -0.25) is 19.2 Å². The highest BCUT2D eigenvalue weighted by Crippen LogP contribution is 2.45. The van der Waals surface area contributed by atoms with Crippen LogP contribution in [0.15, 0.2) is 12.5 Å². The maximum Gasteiger partial charge on any atom is 0.303 e. The van der Waals surface area contributed by atoms with Crippen LogP contribution >= 0.6 is 0 Å². The molecule has 0 unspecified atom stereocenters. The minimum atomic E-state index is -1.56. The van der Waals surface area contributed by atoms with Crippen molar-refractivity contribution in [3.05, 3.63) is 18.1 Å². The van der Waals surface area contributed by atoms with Gasteiger partial charge in [-0.15, -0.1) is 0 Å². The third kappa shape index (κ3) is 4.06. The number of nitrogens with two attached hydrogens (primary N) is 1. The van der Waals surface area contributed by atoms with E-state index in [1.165, 1.54) is 44.8 Å². The maximum atomic E-state index is 12.0. The predicted molar refractivity (Wildman–Crippen MR) is 104 cm³/mol. The van der Waals surface area contributed by atoms with Crippen molar-refractivity contribution in [3.63, 3.8) is 0 Å². The number of aromatic nitrogens is 3. The zero-order valence-electron chi connectivity index (χ0n) is 17.4. The van der Waals surface area contributed by atoms with E-state index < -0.39 is 41.9 Å². The highest BCUT2D eigenvalue weighted by molar-refractivity contribution is 6.01. The topological polar surface area (TPSA) is 162 Å². The fourth-order valence-electron chi connectivity index (χ4n) is 3.75. The summed E-state index contributed by atoms with van der Waals surface area (Å²) < 4.78 is 23.5. The molecule has 166 valence electrons. The summed E-state index contributed by atoms with van der Waals surface area (Å²) in [5, 5.41) is 0.291. The second-order valence-corrected chi connectivity index (χ2v) is 7.20. The van der Waals surface area contributed by atoms with Crippen molar-refractivity contribution >= 4 is 41.0 Å². The van der Waals surface area contributed by atoms with Crippen LogP contribution in [0.25, 0.3) is 11.0 Å². The molecule has 12 heteroatoms. The summed E-state index contributed by atoms with van der Waals surface area (Å²) in [4.78, 5) is 54.8. The van der Waals surface area contributed by atoms with Gasteiger partial charge in [-0.1, -0.05) is 0 Å². The van der Waals surface area contributed by atoms with Gasteiger partial charge in [0.15, 0.2) is 24.2 Å². The van der Waals surface area contributed by atoms with Gasteiger partial charge < -0.3 is 29.2 Å². The minimum absolute atomic E-state index is 0.0750. The van der Waals surface area contributed by atoms with Crippen molar-refractivity contribution in [2.75, 3.05) is 12.3 Å². The Balaban J connectivity index is 2.17. The van der Waals surface area contributed by atoms with Crippen LogP contribution in [0, 0.1) is 0 Å². The molecule has 0 bridgehead atoms. The summed E-state index contributed by atoms with van der Waals surface area (Å²) in [6.07, 6.45) is 0.00530. The third-order valence-electron chi connectivity index (χ3n) is 4.85. The Bertz CT molecular complexity index is 1050. The third-order valence-corrected chi connectivity index (χ3v) is 4.85. The predicted octanol–water partition coefficient (Wildman–Crippen LogP) is 0.540. The average Bonchev–Trinajstić information content (AvgIpc) is 3.16. The second kappa shape index (κ2) is 8.30. The SMILES string of the molecule is CC(=O)OC[C@H]1O[C@@H](n2cc(C=O)c3c(N)ncnc32)[C@](C)(OC(C)=O)[C@@H]1OC(C)=O. The molecule has 3 rings (SSSR count). The largest absolute Gasteiger partial charge is 0.463 e. The number of hydrogen-bond acceptors (Lipinski definition) is 11. The van der Waals surface area contributed by atoms with Gasteiger partial charge in [0, 0.05) is 32.5 Å². The molecule has 1 fully saturated rings. The van der Waals surface area contributed by atoms with E-state index in [2.05, 4.69) is 9.97 Å². The van der Waals surface area contributed by atoms with Crippen molar-refractivity contribution in [1.82, 2.24) is 14.5 Å². The molecule has 1 aliphatic rings. The first-order valence-corrected chi connectivity index (χ1v) is 9.30. The number of rotatable bonds is 6. The van der Waals surface area contributed by atoms with Gasteiger partial charge in [0.1, 0.15) is 30.5 Å². The van der Waals surface area contributed by atoms with Gasteiger partial charge in [0.05, 0.1) is 5.39 Å². The van der Waals surface area contributed by atoms with Crippen molar-refractivity contribution in [3.8, 4) is 0 Å². The number of nitrogens with zero attached hydrogens (tertiary/aromatic N) is 3. The van der Waals surface area contributed by atoms with Crippen molar-refractivity contribution in [1.29, 1.82) is 0 Å². The molecule has 2 N–H and O–H groups in total. The Hall–Kier alpha value is -3.54. The molecule has 0 amide bonds. The molecule has 0 radical (unpaired) electrons. The highest BCUT2D eigenvalue weighted by atomic mass is 16.7. The van der Waals surface area contributed by atoms with E-state index in [1.807, 2.05) is 0 Å². The van der Waals surface area contributed by atoms with Crippen LogP contribution in [0.3, 0.4) is 0 Å². The monoisotopic (exact) mass is 434 g/mol. The summed E-state index contributed by atoms with van der Waals surface area (Å²) in [5.74, 6) is -1.82. The Labute approximate surface area is 176 Å². The van der Waals surface area contributed by atoms with Crippen LogP contribution in [-0.2, 0) is 33.3 Å². The Morgan fingerprint density at radius 2 is 1.94 bits per heavy atom. The molecular formula is C19H22N4O8. The number of carbonyl (C=O) groups is 4. The molecule has 2 aromatic heterocycles. The van der Waals surface area contributed by atoms with Gasteiger partial charge in [-0.25, -0.2) is 9.97 Å². The zero-order chi connectivity index (χ0) is 22.9. The minimum Gasteiger partial charge on any atom is -0.463 e. The smallest absolute Gasteiger partial charge is 0.303 e. The number of hydrogen-bond donors (Lipinski definition) is 1. The fraction of sp³-hybridized carbons (Fsp3) is 0.474. The van der Waals surface area contributed by atoms with Gasteiger partial charge >= 0.3 is 17.9 Å². The van der Waals surface area contributed by atoms with Crippen LogP contribution in [0.2, 0.25) is 0 Å². The Kier molecular flexibility index (Phi) is 5.93. The van der Waals surface area contributed by atoms with E-state index in [0.717, 1.165) is 0 Å². The summed E-state index contributed by atoms with van der Waals surface area (Å²) >= 11 is 0. The number of aldehydes is 1. The standard InChI is InChI=1S/C19H22N4O8/c1-9(25)28-7-13-15(29-10(2)26)19(4,31-11(3)27)18(30-13)23-5-12(6-24)14-16(20)21-8-22-17(14)23/h5-6,8,13,15,18H,7H2,1-4H3,(H2,20,21,22)/t13-,15-,18-,19-/m1/s1. The first-order chi connectivity index (χ1) is 14.6. The zero-order valence-corrected chi connectivity index (χ0v) is 17.4. The Morgan fingerprint density at radius 3 is 2.52 bits per heavy atom. The number of anilines is 1. The average molecular weight is 434 g/mol. The lowest BCUT2D eigenvalue weighted by molar-refractivity contribution is -0.184. The lowest BCUT2D eigenvalue weighted by Crippen LogP contribution is -2.50. The fourth-order valence-corrected chi connectivity index (χ4v) is 3.75. The first-order valence-electron chi connectivity index (χ1n) is 9.30. The normalized spacial score (nSPS) is 25.2. The van der Waals surface area contributed by atoms with E-state index in [-0.39, 0.29) is 23.6 Å². The maximum absolute atomic E-state index is 12.0. The van der Waals surface area contributed by atoms with Crippen LogP contribution in [0.5, 0.6) is 0 Å². The van der Waals surface area contributed by atoms with E-state index in [0.29, 0.717) is 11.7 Å². The first kappa shape index (κ1) is 22.2. The van der Waals surface area contributed by atoms with Crippen molar-refractivity contribution in [2.45, 2.75) is 51.7 Å². The van der Waals surface area contributed by atoms with Crippen molar-refractivity contribution < 1.29 is 38.1 Å². The molecule has 0 aromatic carbocycles. The van der Waals surface area contributed by atoms with E-state index in [4.69, 9.17) is 24.7 Å². The van der Waals surface area contributed by atoms with Gasteiger partial charge in [0.25, 0.3) is 0 Å². The highest BCUT2D eigenvalue weighted by Gasteiger charge is 2.60. The molecular weight excluding hydrogens is 412 g/mol. The summed E-state index contributed by atoms with van der Waals surface area (Å²) in [5.41, 5.74) is 4.79. The molecule has 3 heterocycles. The summed E-state index contributed by atoms with van der Waals surface area (Å²) in [7, 11) is 0. The van der Waals surface area contributed by atoms with Crippen LogP contribution in [0.1, 0.15) is 44.3 Å². The molecule has 31 heavy (non-hydrogen) atoms.